The molecule has 0 aromatic heterocycles. The molecule has 0 aliphatic carbocycles. The molecule has 1 atom stereocenters. The molecule has 19 heavy (non-hydrogen) atoms. The number of carbonyl (C=O) groups excluding carboxylic acids is 1. The molecule has 2 rings (SSSR count). The van der Waals surface area contributed by atoms with Gasteiger partial charge in [0.25, 0.3) is 0 Å². The van der Waals surface area contributed by atoms with E-state index in [1.165, 1.54) is 0 Å². The van der Waals surface area contributed by atoms with Crippen molar-refractivity contribution in [3.05, 3.63) is 22.2 Å². The molecule has 1 aromatic rings. The number of carbonyl (C=O) groups is 1. The van der Waals surface area contributed by atoms with Gasteiger partial charge in [-0.1, -0.05) is 6.92 Å². The molecule has 0 spiro atoms. The molecule has 0 radical (unpaired) electrons. The van der Waals surface area contributed by atoms with Gasteiger partial charge >= 0.3 is 0 Å². The van der Waals surface area contributed by atoms with Crippen LogP contribution in [0.4, 0.5) is 5.69 Å². The van der Waals surface area contributed by atoms with Crippen LogP contribution in [0, 0.1) is 0 Å². The second kappa shape index (κ2) is 6.36. The van der Waals surface area contributed by atoms with Crippen LogP contribution >= 0.6 is 15.9 Å². The number of halogens is 1. The van der Waals surface area contributed by atoms with E-state index in [1.807, 2.05) is 6.07 Å². The Labute approximate surface area is 120 Å². The zero-order valence-corrected chi connectivity index (χ0v) is 12.3. The predicted octanol–water partition coefficient (Wildman–Crippen LogP) is 2.21. The fourth-order valence-corrected chi connectivity index (χ4v) is 2.33. The van der Waals surface area contributed by atoms with Crippen LogP contribution in [0.15, 0.2) is 16.6 Å². The molecule has 5 nitrogen and oxygen atoms in total. The predicted molar refractivity (Wildman–Crippen MR) is 76.3 cm³/mol. The number of benzene rings is 1. The quantitative estimate of drug-likeness (QED) is 0.785. The molecule has 1 aliphatic rings. The number of fused-ring (bicyclic) bond motifs is 1. The Bertz CT molecular complexity index is 479. The van der Waals surface area contributed by atoms with Gasteiger partial charge in [0.05, 0.1) is 11.1 Å². The Morgan fingerprint density at radius 3 is 2.89 bits per heavy atom. The van der Waals surface area contributed by atoms with Crippen molar-refractivity contribution in [3.8, 4) is 5.75 Å². The molecule has 1 aromatic carbocycles. The van der Waals surface area contributed by atoms with Crippen LogP contribution in [-0.4, -0.2) is 25.7 Å². The lowest BCUT2D eigenvalue weighted by Gasteiger charge is -2.11. The number of ether oxygens (including phenoxy) is 2. The van der Waals surface area contributed by atoms with Crippen molar-refractivity contribution in [2.75, 3.05) is 25.1 Å². The Morgan fingerprint density at radius 2 is 2.16 bits per heavy atom. The number of rotatable bonds is 6. The normalized spacial score (nSPS) is 17.2. The number of hydrogen-bond acceptors (Lipinski definition) is 4. The summed E-state index contributed by atoms with van der Waals surface area (Å²) in [6, 6.07) is 3.00. The van der Waals surface area contributed by atoms with Crippen LogP contribution in [0.3, 0.4) is 0 Å². The largest absolute Gasteiger partial charge is 0.490 e. The second-order valence-corrected chi connectivity index (χ2v) is 5.15. The molecular weight excluding hydrogens is 312 g/mol. The molecule has 1 heterocycles. The van der Waals surface area contributed by atoms with Crippen LogP contribution in [0.2, 0.25) is 0 Å². The highest BCUT2D eigenvalue weighted by Crippen LogP contribution is 2.37. The summed E-state index contributed by atoms with van der Waals surface area (Å²) in [5.74, 6) is 0.485. The minimum absolute atomic E-state index is 0.190. The minimum Gasteiger partial charge on any atom is -0.490 e. The van der Waals surface area contributed by atoms with E-state index >= 15 is 0 Å². The third-order valence-electron chi connectivity index (χ3n) is 2.81. The number of amides is 1. The standard InChI is InChI=1S/C13H17BrN2O3/c1-2-3-18-4-5-19-11-7-10-8(6-9(11)14)12(15)13(17)16-10/h6-7,12H,2-5,15H2,1H3,(H,16,17). The summed E-state index contributed by atoms with van der Waals surface area (Å²) < 4.78 is 11.7. The lowest BCUT2D eigenvalue weighted by atomic mass is 10.1. The highest BCUT2D eigenvalue weighted by Gasteiger charge is 2.28. The first-order chi connectivity index (χ1) is 9.13. The zero-order chi connectivity index (χ0) is 13.8. The Kier molecular flexibility index (Phi) is 4.79. The van der Waals surface area contributed by atoms with Gasteiger partial charge < -0.3 is 20.5 Å². The highest BCUT2D eigenvalue weighted by molar-refractivity contribution is 9.10. The van der Waals surface area contributed by atoms with Crippen molar-refractivity contribution >= 4 is 27.5 Å². The van der Waals surface area contributed by atoms with E-state index in [-0.39, 0.29) is 5.91 Å². The molecule has 104 valence electrons. The first-order valence-corrected chi connectivity index (χ1v) is 7.03. The molecule has 0 fully saturated rings. The summed E-state index contributed by atoms with van der Waals surface area (Å²) in [6.07, 6.45) is 0.993. The first-order valence-electron chi connectivity index (χ1n) is 6.24. The van der Waals surface area contributed by atoms with Crippen LogP contribution < -0.4 is 15.8 Å². The van der Waals surface area contributed by atoms with Gasteiger partial charge in [-0.3, -0.25) is 4.79 Å². The number of nitrogens with two attached hydrogens (primary N) is 1. The summed E-state index contributed by atoms with van der Waals surface area (Å²) in [5.41, 5.74) is 7.27. The van der Waals surface area contributed by atoms with Crippen molar-refractivity contribution in [2.24, 2.45) is 5.73 Å². The molecule has 3 N–H and O–H groups in total. The highest BCUT2D eigenvalue weighted by atomic mass is 79.9. The third-order valence-corrected chi connectivity index (χ3v) is 3.43. The van der Waals surface area contributed by atoms with Gasteiger partial charge in [0.2, 0.25) is 5.91 Å². The zero-order valence-electron chi connectivity index (χ0n) is 10.7. The van der Waals surface area contributed by atoms with Crippen LogP contribution in [0.5, 0.6) is 5.75 Å². The van der Waals surface area contributed by atoms with E-state index in [9.17, 15) is 4.79 Å². The molecule has 6 heteroatoms. The number of nitrogens with one attached hydrogen (secondary N) is 1. The Balaban J connectivity index is 1.99. The Morgan fingerprint density at radius 1 is 1.37 bits per heavy atom. The fourth-order valence-electron chi connectivity index (χ4n) is 1.85. The van der Waals surface area contributed by atoms with E-state index in [1.54, 1.807) is 6.07 Å². The molecular formula is C13H17BrN2O3. The average molecular weight is 329 g/mol. The molecule has 0 saturated heterocycles. The number of hydrogen-bond donors (Lipinski definition) is 2. The summed E-state index contributed by atoms with van der Waals surface area (Å²) in [6.45, 7) is 3.81. The van der Waals surface area contributed by atoms with Crippen molar-refractivity contribution in [1.82, 2.24) is 0 Å². The smallest absolute Gasteiger partial charge is 0.245 e. The van der Waals surface area contributed by atoms with Gasteiger partial charge in [0.15, 0.2) is 0 Å². The second-order valence-electron chi connectivity index (χ2n) is 4.30. The molecule has 0 bridgehead atoms. The van der Waals surface area contributed by atoms with Gasteiger partial charge in [0, 0.05) is 23.9 Å². The van der Waals surface area contributed by atoms with Crippen molar-refractivity contribution in [1.29, 1.82) is 0 Å². The summed E-state index contributed by atoms with van der Waals surface area (Å²) >= 11 is 3.42. The molecule has 0 saturated carbocycles. The monoisotopic (exact) mass is 328 g/mol. The molecule has 1 unspecified atom stereocenters. The van der Waals surface area contributed by atoms with Crippen LogP contribution in [0.25, 0.3) is 0 Å². The lowest BCUT2D eigenvalue weighted by molar-refractivity contribution is -0.116. The van der Waals surface area contributed by atoms with Gasteiger partial charge in [-0.25, -0.2) is 0 Å². The van der Waals surface area contributed by atoms with Crippen LogP contribution in [-0.2, 0) is 9.53 Å². The van der Waals surface area contributed by atoms with E-state index < -0.39 is 6.04 Å². The van der Waals surface area contributed by atoms with Crippen molar-refractivity contribution < 1.29 is 14.3 Å². The topological polar surface area (TPSA) is 73.6 Å². The van der Waals surface area contributed by atoms with Crippen LogP contribution in [0.1, 0.15) is 24.9 Å². The molecule has 1 amide bonds. The SMILES string of the molecule is CCCOCCOc1cc2c(cc1Br)C(N)C(=O)N2. The van der Waals surface area contributed by atoms with Gasteiger partial charge in [-0.2, -0.15) is 0 Å². The van der Waals surface area contributed by atoms with Crippen molar-refractivity contribution in [3.63, 3.8) is 0 Å². The molecule has 1 aliphatic heterocycles. The Hall–Kier alpha value is -1.11. The van der Waals surface area contributed by atoms with Crippen molar-refractivity contribution in [2.45, 2.75) is 19.4 Å². The summed E-state index contributed by atoms with van der Waals surface area (Å²) in [5, 5.41) is 2.73. The fraction of sp³-hybridized carbons (Fsp3) is 0.462. The van der Waals surface area contributed by atoms with E-state index in [2.05, 4.69) is 28.2 Å². The lowest BCUT2D eigenvalue weighted by Crippen LogP contribution is -2.19. The first kappa shape index (κ1) is 14.3. The van der Waals surface area contributed by atoms with Gasteiger partial charge in [-0.15, -0.1) is 0 Å². The minimum atomic E-state index is -0.603. The van der Waals surface area contributed by atoms with Gasteiger partial charge in [0.1, 0.15) is 18.4 Å². The van der Waals surface area contributed by atoms with E-state index in [0.29, 0.717) is 24.7 Å². The third kappa shape index (κ3) is 3.26. The maximum atomic E-state index is 11.5. The van der Waals surface area contributed by atoms with Gasteiger partial charge in [-0.05, 0) is 28.4 Å². The maximum Gasteiger partial charge on any atom is 0.245 e. The summed E-state index contributed by atoms with van der Waals surface area (Å²) in [4.78, 5) is 11.5. The average Bonchev–Trinajstić information content (AvgIpc) is 2.65. The summed E-state index contributed by atoms with van der Waals surface area (Å²) in [7, 11) is 0. The maximum absolute atomic E-state index is 11.5. The van der Waals surface area contributed by atoms with E-state index in [4.69, 9.17) is 15.2 Å². The number of anilines is 1. The van der Waals surface area contributed by atoms with E-state index in [0.717, 1.165) is 23.1 Å².